The van der Waals surface area contributed by atoms with Crippen LogP contribution in [0.1, 0.15) is 25.8 Å². The topological polar surface area (TPSA) is 12.5 Å². The van der Waals surface area contributed by atoms with Gasteiger partial charge < -0.3 is 4.74 Å². The number of nitrogens with zero attached hydrogens (tertiary/aromatic N) is 1. The van der Waals surface area contributed by atoms with Gasteiger partial charge in [0.2, 0.25) is 0 Å². The van der Waals surface area contributed by atoms with Crippen molar-refractivity contribution in [3.63, 3.8) is 0 Å². The fourth-order valence-corrected chi connectivity index (χ4v) is 2.41. The molecule has 1 heterocycles. The first kappa shape index (κ1) is 12.6. The summed E-state index contributed by atoms with van der Waals surface area (Å²) in [6.45, 7) is 7.57. The molecule has 17 heavy (non-hydrogen) atoms. The van der Waals surface area contributed by atoms with E-state index in [1.54, 1.807) is 0 Å². The number of ether oxygens (including phenoxy) is 1. The lowest BCUT2D eigenvalue weighted by atomic mass is 10.1. The van der Waals surface area contributed by atoms with Crippen LogP contribution in [-0.4, -0.2) is 36.7 Å². The lowest BCUT2D eigenvalue weighted by Crippen LogP contribution is -2.47. The normalized spacial score (nSPS) is 26.0. The van der Waals surface area contributed by atoms with Crippen LogP contribution in [-0.2, 0) is 11.2 Å². The van der Waals surface area contributed by atoms with E-state index in [-0.39, 0.29) is 0 Å². The van der Waals surface area contributed by atoms with Crippen LogP contribution in [0.5, 0.6) is 0 Å². The largest absolute Gasteiger partial charge is 0.376 e. The zero-order valence-electron chi connectivity index (χ0n) is 10.9. The predicted octanol–water partition coefficient (Wildman–Crippen LogP) is 2.73. The summed E-state index contributed by atoms with van der Waals surface area (Å²) in [5, 5.41) is 0. The summed E-state index contributed by atoms with van der Waals surface area (Å²) in [6, 6.07) is 11.3. The summed E-state index contributed by atoms with van der Waals surface area (Å²) in [5.41, 5.74) is 1.45. The Morgan fingerprint density at radius 2 is 2.00 bits per heavy atom. The average molecular weight is 233 g/mol. The lowest BCUT2D eigenvalue weighted by molar-refractivity contribution is -0.0494. The van der Waals surface area contributed by atoms with Crippen molar-refractivity contribution in [2.75, 3.05) is 19.7 Å². The molecule has 0 radical (unpaired) electrons. The molecule has 1 aliphatic heterocycles. The van der Waals surface area contributed by atoms with Gasteiger partial charge >= 0.3 is 0 Å². The molecule has 2 rings (SSSR count). The summed E-state index contributed by atoms with van der Waals surface area (Å²) in [4.78, 5) is 2.55. The van der Waals surface area contributed by atoms with E-state index in [1.165, 1.54) is 24.9 Å². The van der Waals surface area contributed by atoms with Crippen molar-refractivity contribution in [1.82, 2.24) is 4.90 Å². The number of aryl methyl sites for hydroxylation is 1. The molecule has 94 valence electrons. The van der Waals surface area contributed by atoms with Gasteiger partial charge in [0.25, 0.3) is 0 Å². The monoisotopic (exact) mass is 233 g/mol. The summed E-state index contributed by atoms with van der Waals surface area (Å²) in [5.74, 6) is 0. The van der Waals surface area contributed by atoms with Crippen molar-refractivity contribution in [2.24, 2.45) is 0 Å². The third-order valence-corrected chi connectivity index (χ3v) is 3.49. The second kappa shape index (κ2) is 6.18. The highest BCUT2D eigenvalue weighted by Crippen LogP contribution is 2.12. The third-order valence-electron chi connectivity index (χ3n) is 3.49. The van der Waals surface area contributed by atoms with Crippen molar-refractivity contribution in [2.45, 2.75) is 38.8 Å². The summed E-state index contributed by atoms with van der Waals surface area (Å²) in [7, 11) is 0. The quantitative estimate of drug-likeness (QED) is 0.793. The fourth-order valence-electron chi connectivity index (χ4n) is 2.41. The molecule has 0 bridgehead atoms. The van der Waals surface area contributed by atoms with Crippen LogP contribution >= 0.6 is 0 Å². The van der Waals surface area contributed by atoms with Gasteiger partial charge in [0.15, 0.2) is 0 Å². The molecule has 0 unspecified atom stereocenters. The van der Waals surface area contributed by atoms with Gasteiger partial charge in [-0.25, -0.2) is 0 Å². The highest BCUT2D eigenvalue weighted by molar-refractivity contribution is 5.14. The van der Waals surface area contributed by atoms with Gasteiger partial charge in [0.1, 0.15) is 0 Å². The molecule has 0 aliphatic carbocycles. The molecule has 2 atom stereocenters. The Balaban J connectivity index is 1.74. The minimum atomic E-state index is 0.392. The molecular formula is C15H23NO. The van der Waals surface area contributed by atoms with Gasteiger partial charge in [0, 0.05) is 12.6 Å². The first-order valence-corrected chi connectivity index (χ1v) is 6.65. The van der Waals surface area contributed by atoms with E-state index in [2.05, 4.69) is 49.1 Å². The number of hydrogen-bond acceptors (Lipinski definition) is 2. The maximum absolute atomic E-state index is 5.64. The summed E-state index contributed by atoms with van der Waals surface area (Å²) < 4.78 is 5.64. The first-order valence-electron chi connectivity index (χ1n) is 6.65. The smallest absolute Gasteiger partial charge is 0.0674 e. The Morgan fingerprint density at radius 1 is 1.24 bits per heavy atom. The minimum absolute atomic E-state index is 0.392. The number of benzene rings is 1. The maximum Gasteiger partial charge on any atom is 0.0674 e. The Morgan fingerprint density at radius 3 is 2.76 bits per heavy atom. The van der Waals surface area contributed by atoms with Crippen LogP contribution < -0.4 is 0 Å². The van der Waals surface area contributed by atoms with Gasteiger partial charge in [-0.2, -0.15) is 0 Å². The standard InChI is InChI=1S/C15H23NO/c1-13-12-17-14(2)11-16(13)10-6-9-15-7-4-3-5-8-15/h3-5,7-8,13-14H,6,9-12H2,1-2H3/t13-,14-/m0/s1. The first-order chi connectivity index (χ1) is 8.25. The van der Waals surface area contributed by atoms with Gasteiger partial charge in [-0.3, -0.25) is 4.90 Å². The molecule has 0 saturated carbocycles. The van der Waals surface area contributed by atoms with Crippen molar-refractivity contribution < 1.29 is 4.74 Å². The molecule has 1 fully saturated rings. The Labute approximate surface area is 105 Å². The van der Waals surface area contributed by atoms with Crippen LogP contribution in [0.4, 0.5) is 0 Å². The second-order valence-corrected chi connectivity index (χ2v) is 5.08. The molecule has 0 amide bonds. The van der Waals surface area contributed by atoms with Crippen molar-refractivity contribution >= 4 is 0 Å². The molecule has 2 heteroatoms. The SMILES string of the molecule is C[C@H]1CN(CCCc2ccccc2)[C@@H](C)CO1. The molecule has 1 aliphatic rings. The van der Waals surface area contributed by atoms with E-state index in [1.807, 2.05) is 0 Å². The summed E-state index contributed by atoms with van der Waals surface area (Å²) >= 11 is 0. The molecule has 1 saturated heterocycles. The molecule has 0 spiro atoms. The van der Waals surface area contributed by atoms with Crippen molar-refractivity contribution in [3.05, 3.63) is 35.9 Å². The third kappa shape index (κ3) is 3.83. The maximum atomic E-state index is 5.64. The van der Waals surface area contributed by atoms with Gasteiger partial charge in [-0.05, 0) is 38.8 Å². The van der Waals surface area contributed by atoms with Gasteiger partial charge in [0.05, 0.1) is 12.7 Å². The lowest BCUT2D eigenvalue weighted by Gasteiger charge is -2.36. The predicted molar refractivity (Wildman–Crippen MR) is 71.2 cm³/mol. The highest BCUT2D eigenvalue weighted by Gasteiger charge is 2.22. The van der Waals surface area contributed by atoms with Crippen LogP contribution in [0.25, 0.3) is 0 Å². The van der Waals surface area contributed by atoms with Crippen LogP contribution in [0.2, 0.25) is 0 Å². The molecule has 0 aromatic heterocycles. The number of hydrogen-bond donors (Lipinski definition) is 0. The number of morpholine rings is 1. The van der Waals surface area contributed by atoms with Crippen LogP contribution in [0.15, 0.2) is 30.3 Å². The van der Waals surface area contributed by atoms with Crippen molar-refractivity contribution in [3.8, 4) is 0 Å². The van der Waals surface area contributed by atoms with E-state index in [0.29, 0.717) is 12.1 Å². The van der Waals surface area contributed by atoms with Crippen LogP contribution in [0.3, 0.4) is 0 Å². The second-order valence-electron chi connectivity index (χ2n) is 5.08. The van der Waals surface area contributed by atoms with E-state index in [0.717, 1.165) is 13.2 Å². The molecular weight excluding hydrogens is 210 g/mol. The van der Waals surface area contributed by atoms with E-state index < -0.39 is 0 Å². The van der Waals surface area contributed by atoms with E-state index in [9.17, 15) is 0 Å². The highest BCUT2D eigenvalue weighted by atomic mass is 16.5. The summed E-state index contributed by atoms with van der Waals surface area (Å²) in [6.07, 6.45) is 2.81. The van der Waals surface area contributed by atoms with E-state index in [4.69, 9.17) is 4.74 Å². The minimum Gasteiger partial charge on any atom is -0.376 e. The Kier molecular flexibility index (Phi) is 4.57. The Hall–Kier alpha value is -0.860. The number of rotatable bonds is 4. The van der Waals surface area contributed by atoms with Crippen LogP contribution in [0, 0.1) is 0 Å². The zero-order valence-corrected chi connectivity index (χ0v) is 10.9. The zero-order chi connectivity index (χ0) is 12.1. The molecule has 1 aromatic rings. The van der Waals surface area contributed by atoms with Crippen molar-refractivity contribution in [1.29, 1.82) is 0 Å². The molecule has 1 aromatic carbocycles. The average Bonchev–Trinajstić information content (AvgIpc) is 2.35. The molecule has 0 N–H and O–H groups in total. The van der Waals surface area contributed by atoms with Gasteiger partial charge in [-0.1, -0.05) is 30.3 Å². The van der Waals surface area contributed by atoms with E-state index >= 15 is 0 Å². The molecule has 2 nitrogen and oxygen atoms in total. The Bertz CT molecular complexity index is 325. The van der Waals surface area contributed by atoms with Gasteiger partial charge in [-0.15, -0.1) is 0 Å². The fraction of sp³-hybridized carbons (Fsp3) is 0.600.